The van der Waals surface area contributed by atoms with E-state index in [1.165, 1.54) is 10.6 Å². The summed E-state index contributed by atoms with van der Waals surface area (Å²) in [4.78, 5) is 23.1. The van der Waals surface area contributed by atoms with Crippen LogP contribution in [-0.4, -0.2) is 15.6 Å². The predicted molar refractivity (Wildman–Crippen MR) is 61.6 cm³/mol. The average Bonchev–Trinajstić information content (AvgIpc) is 2.25. The predicted octanol–water partition coefficient (Wildman–Crippen LogP) is 1.76. The van der Waals surface area contributed by atoms with Crippen LogP contribution in [0.1, 0.15) is 32.3 Å². The highest BCUT2D eigenvalue weighted by Gasteiger charge is 2.37. The minimum atomic E-state index is -1.12. The molecule has 0 spiro atoms. The number of carboxylic acids is 1. The molecule has 0 aliphatic rings. The van der Waals surface area contributed by atoms with Gasteiger partial charge in [0.15, 0.2) is 0 Å². The molecule has 0 saturated carbocycles. The van der Waals surface area contributed by atoms with E-state index in [4.69, 9.17) is 0 Å². The summed E-state index contributed by atoms with van der Waals surface area (Å²) in [7, 11) is 0. The van der Waals surface area contributed by atoms with Gasteiger partial charge in [-0.3, -0.25) is 9.36 Å². The van der Waals surface area contributed by atoms with Crippen LogP contribution in [0.3, 0.4) is 0 Å². The lowest BCUT2D eigenvalue weighted by Gasteiger charge is -2.29. The van der Waals surface area contributed by atoms with Gasteiger partial charge in [0, 0.05) is 12.3 Å². The van der Waals surface area contributed by atoms with Gasteiger partial charge in [0.05, 0.1) is 0 Å². The molecule has 88 valence electrons. The van der Waals surface area contributed by atoms with Crippen molar-refractivity contribution in [3.8, 4) is 0 Å². The van der Waals surface area contributed by atoms with Gasteiger partial charge in [-0.2, -0.15) is 0 Å². The molecule has 1 rings (SSSR count). The third-order valence-corrected chi connectivity index (χ3v) is 3.09. The van der Waals surface area contributed by atoms with Gasteiger partial charge < -0.3 is 5.11 Å². The van der Waals surface area contributed by atoms with E-state index in [2.05, 4.69) is 0 Å². The summed E-state index contributed by atoms with van der Waals surface area (Å²) in [6.07, 6.45) is 2.40. The first-order valence-electron chi connectivity index (χ1n) is 5.41. The van der Waals surface area contributed by atoms with Gasteiger partial charge in [0.25, 0.3) is 5.56 Å². The lowest BCUT2D eigenvalue weighted by molar-refractivity contribution is -0.148. The van der Waals surface area contributed by atoms with Crippen LogP contribution in [0.5, 0.6) is 0 Å². The zero-order valence-electron chi connectivity index (χ0n) is 9.86. The highest BCUT2D eigenvalue weighted by Crippen LogP contribution is 2.24. The molecule has 0 radical (unpaired) electrons. The van der Waals surface area contributed by atoms with Crippen molar-refractivity contribution in [3.63, 3.8) is 0 Å². The second kappa shape index (κ2) is 4.51. The molecule has 16 heavy (non-hydrogen) atoms. The molecular formula is C12H17NO3. The highest BCUT2D eigenvalue weighted by molar-refractivity contribution is 5.76. The van der Waals surface area contributed by atoms with Crippen molar-refractivity contribution in [2.75, 3.05) is 0 Å². The normalized spacial score (nSPS) is 11.4. The fourth-order valence-electron chi connectivity index (χ4n) is 1.92. The van der Waals surface area contributed by atoms with Gasteiger partial charge in [-0.1, -0.05) is 19.9 Å². The number of nitrogens with zero attached hydrogens (tertiary/aromatic N) is 1. The van der Waals surface area contributed by atoms with Crippen molar-refractivity contribution < 1.29 is 9.90 Å². The molecule has 1 N–H and O–H groups in total. The highest BCUT2D eigenvalue weighted by atomic mass is 16.4. The molecule has 0 saturated heterocycles. The van der Waals surface area contributed by atoms with Crippen molar-refractivity contribution >= 4 is 5.97 Å². The van der Waals surface area contributed by atoms with Crippen LogP contribution < -0.4 is 5.56 Å². The Hall–Kier alpha value is -1.58. The lowest BCUT2D eigenvalue weighted by atomic mass is 9.92. The maximum Gasteiger partial charge on any atom is 0.329 e. The summed E-state index contributed by atoms with van der Waals surface area (Å²) >= 11 is 0. The minimum absolute atomic E-state index is 0.267. The Bertz CT molecular complexity index is 444. The quantitative estimate of drug-likeness (QED) is 0.846. The summed E-state index contributed by atoms with van der Waals surface area (Å²) in [6.45, 7) is 5.41. The average molecular weight is 223 g/mol. The van der Waals surface area contributed by atoms with E-state index in [1.54, 1.807) is 26.1 Å². The summed E-state index contributed by atoms with van der Waals surface area (Å²) in [5.41, 5.74) is -0.507. The molecule has 4 heteroatoms. The molecule has 0 aromatic carbocycles. The first kappa shape index (κ1) is 12.5. The standard InChI is InChI=1S/C12H17NO3/c1-4-12(5-2,11(15)16)13-8-9(3)6-7-10(13)14/h6-8H,4-5H2,1-3H3,(H,15,16). The maximum atomic E-state index is 11.7. The van der Waals surface area contributed by atoms with Crippen LogP contribution in [0.2, 0.25) is 0 Å². The van der Waals surface area contributed by atoms with Crippen LogP contribution in [0, 0.1) is 6.92 Å². The van der Waals surface area contributed by atoms with Crippen molar-refractivity contribution in [1.82, 2.24) is 4.57 Å². The topological polar surface area (TPSA) is 59.3 Å². The summed E-state index contributed by atoms with van der Waals surface area (Å²) in [5, 5.41) is 9.33. The molecule has 0 atom stereocenters. The largest absolute Gasteiger partial charge is 0.479 e. The molecule has 0 aliphatic carbocycles. The SMILES string of the molecule is CCC(CC)(C(=O)O)n1cc(C)ccc1=O. The smallest absolute Gasteiger partial charge is 0.329 e. The fourth-order valence-corrected chi connectivity index (χ4v) is 1.92. The monoisotopic (exact) mass is 223 g/mol. The summed E-state index contributed by atoms with van der Waals surface area (Å²) in [5.74, 6) is -0.954. The fraction of sp³-hybridized carbons (Fsp3) is 0.500. The second-order valence-electron chi connectivity index (χ2n) is 3.96. The third-order valence-electron chi connectivity index (χ3n) is 3.09. The Morgan fingerprint density at radius 3 is 2.38 bits per heavy atom. The van der Waals surface area contributed by atoms with Crippen molar-refractivity contribution in [1.29, 1.82) is 0 Å². The molecule has 1 heterocycles. The molecule has 4 nitrogen and oxygen atoms in total. The van der Waals surface area contributed by atoms with Gasteiger partial charge >= 0.3 is 5.97 Å². The van der Waals surface area contributed by atoms with E-state index >= 15 is 0 Å². The van der Waals surface area contributed by atoms with E-state index in [1.807, 2.05) is 6.92 Å². The lowest BCUT2D eigenvalue weighted by Crippen LogP contribution is -2.46. The number of carboxylic acid groups (broad SMARTS) is 1. The number of carbonyl (C=O) groups is 1. The van der Waals surface area contributed by atoms with Crippen LogP contribution in [0.25, 0.3) is 0 Å². The first-order valence-corrected chi connectivity index (χ1v) is 5.41. The molecule has 1 aromatic heterocycles. The Morgan fingerprint density at radius 1 is 1.38 bits per heavy atom. The molecule has 1 aromatic rings. The summed E-state index contributed by atoms with van der Waals surface area (Å²) in [6, 6.07) is 3.11. The van der Waals surface area contributed by atoms with Crippen molar-refractivity contribution in [3.05, 3.63) is 34.2 Å². The third kappa shape index (κ3) is 1.87. The Labute approximate surface area is 94.5 Å². The number of aryl methyl sites for hydroxylation is 1. The van der Waals surface area contributed by atoms with Gasteiger partial charge in [0.2, 0.25) is 0 Å². The van der Waals surface area contributed by atoms with E-state index in [0.717, 1.165) is 5.56 Å². The van der Waals surface area contributed by atoms with Crippen molar-refractivity contribution in [2.45, 2.75) is 39.2 Å². The Kier molecular flexibility index (Phi) is 3.52. The molecule has 0 fully saturated rings. The van der Waals surface area contributed by atoms with Crippen LogP contribution in [0.4, 0.5) is 0 Å². The van der Waals surface area contributed by atoms with Gasteiger partial charge in [-0.15, -0.1) is 0 Å². The summed E-state index contributed by atoms with van der Waals surface area (Å²) < 4.78 is 1.34. The van der Waals surface area contributed by atoms with Crippen LogP contribution >= 0.6 is 0 Å². The number of pyridine rings is 1. The first-order chi connectivity index (χ1) is 7.47. The Balaban J connectivity index is 3.48. The van der Waals surface area contributed by atoms with E-state index < -0.39 is 11.5 Å². The molecule has 0 unspecified atom stereocenters. The maximum absolute atomic E-state index is 11.7. The number of aromatic nitrogens is 1. The number of hydrogen-bond acceptors (Lipinski definition) is 2. The van der Waals surface area contributed by atoms with Gasteiger partial charge in [-0.25, -0.2) is 4.79 Å². The van der Waals surface area contributed by atoms with E-state index in [-0.39, 0.29) is 5.56 Å². The van der Waals surface area contributed by atoms with E-state index in [0.29, 0.717) is 12.8 Å². The van der Waals surface area contributed by atoms with E-state index in [9.17, 15) is 14.7 Å². The zero-order chi connectivity index (χ0) is 12.3. The molecule has 0 amide bonds. The van der Waals surface area contributed by atoms with Crippen LogP contribution in [0.15, 0.2) is 23.1 Å². The molecule has 0 bridgehead atoms. The number of aliphatic carboxylic acids is 1. The van der Waals surface area contributed by atoms with Crippen LogP contribution in [-0.2, 0) is 10.3 Å². The zero-order valence-corrected chi connectivity index (χ0v) is 9.86. The minimum Gasteiger partial charge on any atom is -0.479 e. The molecular weight excluding hydrogens is 206 g/mol. The van der Waals surface area contributed by atoms with Gasteiger partial charge in [-0.05, 0) is 25.3 Å². The van der Waals surface area contributed by atoms with Crippen molar-refractivity contribution in [2.24, 2.45) is 0 Å². The number of rotatable bonds is 4. The number of hydrogen-bond donors (Lipinski definition) is 1. The molecule has 0 aliphatic heterocycles. The Morgan fingerprint density at radius 2 is 1.94 bits per heavy atom. The second-order valence-corrected chi connectivity index (χ2v) is 3.96. The van der Waals surface area contributed by atoms with Gasteiger partial charge in [0.1, 0.15) is 5.54 Å².